The van der Waals surface area contributed by atoms with Crippen molar-refractivity contribution in [1.82, 2.24) is 0 Å². The summed E-state index contributed by atoms with van der Waals surface area (Å²) in [5.41, 5.74) is -0.579. The Morgan fingerprint density at radius 2 is 1.89 bits per heavy atom. The first kappa shape index (κ1) is 14.2. The normalized spacial score (nSPS) is 26.4. The smallest absolute Gasteiger partial charge is 0.406 e. The Morgan fingerprint density at radius 1 is 1.21 bits per heavy atom. The van der Waals surface area contributed by atoms with Gasteiger partial charge in [0.05, 0.1) is 5.60 Å². The molecule has 2 rings (SSSR count). The summed E-state index contributed by atoms with van der Waals surface area (Å²) >= 11 is 0. The highest BCUT2D eigenvalue weighted by Crippen LogP contribution is 2.49. The Morgan fingerprint density at radius 3 is 2.42 bits per heavy atom. The van der Waals surface area contributed by atoms with Gasteiger partial charge in [-0.1, -0.05) is 26.0 Å². The first-order valence-corrected chi connectivity index (χ1v) is 6.18. The number of hydrogen-bond acceptors (Lipinski definition) is 2. The van der Waals surface area contributed by atoms with Crippen LogP contribution in [0.5, 0.6) is 5.75 Å². The average Bonchev–Trinajstić information content (AvgIpc) is 2.52. The minimum Gasteiger partial charge on any atom is -0.406 e. The zero-order chi connectivity index (χ0) is 14.3. The van der Waals surface area contributed by atoms with Crippen molar-refractivity contribution in [1.29, 1.82) is 0 Å². The van der Waals surface area contributed by atoms with Crippen LogP contribution in [0, 0.1) is 5.41 Å². The van der Waals surface area contributed by atoms with E-state index in [9.17, 15) is 18.3 Å². The largest absolute Gasteiger partial charge is 0.573 e. The lowest BCUT2D eigenvalue weighted by molar-refractivity contribution is -0.274. The van der Waals surface area contributed by atoms with E-state index in [-0.39, 0.29) is 11.2 Å². The topological polar surface area (TPSA) is 29.5 Å². The molecule has 0 radical (unpaired) electrons. The highest BCUT2D eigenvalue weighted by molar-refractivity contribution is 5.33. The van der Waals surface area contributed by atoms with E-state index >= 15 is 0 Å². The van der Waals surface area contributed by atoms with Crippen molar-refractivity contribution >= 4 is 0 Å². The number of aliphatic hydroxyl groups is 1. The van der Waals surface area contributed by atoms with Gasteiger partial charge < -0.3 is 9.84 Å². The van der Waals surface area contributed by atoms with Crippen molar-refractivity contribution in [2.45, 2.75) is 45.1 Å². The van der Waals surface area contributed by atoms with Gasteiger partial charge >= 0.3 is 6.36 Å². The van der Waals surface area contributed by atoms with Crippen molar-refractivity contribution in [3.05, 3.63) is 29.8 Å². The molecule has 0 bridgehead atoms. The van der Waals surface area contributed by atoms with E-state index < -0.39 is 12.0 Å². The van der Waals surface area contributed by atoms with Crippen LogP contribution in [-0.4, -0.2) is 11.5 Å². The van der Waals surface area contributed by atoms with E-state index in [1.165, 1.54) is 18.2 Å². The fraction of sp³-hybridized carbons (Fsp3) is 0.571. The van der Waals surface area contributed by atoms with Gasteiger partial charge in [-0.2, -0.15) is 0 Å². The maximum atomic E-state index is 12.2. The molecular formula is C14H17F3O2. The first-order valence-electron chi connectivity index (χ1n) is 6.18. The molecule has 1 fully saturated rings. The molecule has 0 saturated heterocycles. The van der Waals surface area contributed by atoms with Gasteiger partial charge in [0.25, 0.3) is 0 Å². The molecule has 0 amide bonds. The molecule has 5 heteroatoms. The summed E-state index contributed by atoms with van der Waals surface area (Å²) in [7, 11) is 0. The number of halogens is 3. The molecular weight excluding hydrogens is 257 g/mol. The van der Waals surface area contributed by atoms with Gasteiger partial charge in [0.2, 0.25) is 0 Å². The van der Waals surface area contributed by atoms with Gasteiger partial charge in [-0.05, 0) is 42.4 Å². The Balaban J connectivity index is 2.24. The third kappa shape index (κ3) is 3.41. The van der Waals surface area contributed by atoms with E-state index in [1.54, 1.807) is 6.07 Å². The van der Waals surface area contributed by atoms with Gasteiger partial charge in [-0.25, -0.2) is 0 Å². The summed E-state index contributed by atoms with van der Waals surface area (Å²) in [6, 6.07) is 5.62. The van der Waals surface area contributed by atoms with Crippen LogP contribution in [0.1, 0.15) is 38.7 Å². The standard InChI is InChI=1S/C14H17F3O2/c1-12(2)6-7-13(18,9-12)10-4-3-5-11(8-10)19-14(15,16)17/h3-5,8,18H,6-7,9H2,1-2H3. The molecule has 106 valence electrons. The predicted molar refractivity (Wildman–Crippen MR) is 64.7 cm³/mol. The fourth-order valence-electron chi connectivity index (χ4n) is 2.74. The van der Waals surface area contributed by atoms with Crippen LogP contribution >= 0.6 is 0 Å². The van der Waals surface area contributed by atoms with Crippen LogP contribution in [0.25, 0.3) is 0 Å². The predicted octanol–water partition coefficient (Wildman–Crippen LogP) is 3.98. The Hall–Kier alpha value is -1.23. The number of alkyl halides is 3. The van der Waals surface area contributed by atoms with Gasteiger partial charge in [0.15, 0.2) is 0 Å². The Kier molecular flexibility index (Phi) is 3.29. The van der Waals surface area contributed by atoms with E-state index in [4.69, 9.17) is 0 Å². The number of benzene rings is 1. The highest BCUT2D eigenvalue weighted by Gasteiger charge is 2.43. The molecule has 1 unspecified atom stereocenters. The maximum Gasteiger partial charge on any atom is 0.573 e. The molecule has 0 aromatic heterocycles. The van der Waals surface area contributed by atoms with Crippen LogP contribution in [0.15, 0.2) is 24.3 Å². The van der Waals surface area contributed by atoms with Crippen LogP contribution in [0.3, 0.4) is 0 Å². The van der Waals surface area contributed by atoms with Crippen molar-refractivity contribution in [3.8, 4) is 5.75 Å². The monoisotopic (exact) mass is 274 g/mol. The van der Waals surface area contributed by atoms with Crippen molar-refractivity contribution in [2.24, 2.45) is 5.41 Å². The summed E-state index contributed by atoms with van der Waals surface area (Å²) in [4.78, 5) is 0. The van der Waals surface area contributed by atoms with Gasteiger partial charge in [0.1, 0.15) is 5.75 Å². The first-order chi connectivity index (χ1) is 8.60. The highest BCUT2D eigenvalue weighted by atomic mass is 19.4. The van der Waals surface area contributed by atoms with Crippen LogP contribution in [-0.2, 0) is 5.60 Å². The lowest BCUT2D eigenvalue weighted by Crippen LogP contribution is -2.24. The summed E-state index contributed by atoms with van der Waals surface area (Å²) < 4.78 is 40.4. The molecule has 1 aromatic rings. The van der Waals surface area contributed by atoms with Gasteiger partial charge in [0, 0.05) is 0 Å². The molecule has 1 aliphatic rings. The van der Waals surface area contributed by atoms with E-state index in [0.717, 1.165) is 6.42 Å². The van der Waals surface area contributed by atoms with E-state index in [0.29, 0.717) is 18.4 Å². The van der Waals surface area contributed by atoms with Crippen LogP contribution in [0.2, 0.25) is 0 Å². The number of ether oxygens (including phenoxy) is 1. The second kappa shape index (κ2) is 4.40. The second-order valence-corrected chi connectivity index (χ2v) is 5.95. The van der Waals surface area contributed by atoms with Crippen LogP contribution < -0.4 is 4.74 Å². The molecule has 1 saturated carbocycles. The molecule has 1 aliphatic carbocycles. The minimum atomic E-state index is -4.71. The second-order valence-electron chi connectivity index (χ2n) is 5.95. The molecule has 0 spiro atoms. The third-order valence-electron chi connectivity index (χ3n) is 3.59. The summed E-state index contributed by atoms with van der Waals surface area (Å²) in [6.07, 6.45) is -2.78. The van der Waals surface area contributed by atoms with Crippen molar-refractivity contribution in [3.63, 3.8) is 0 Å². The fourth-order valence-corrected chi connectivity index (χ4v) is 2.74. The lowest BCUT2D eigenvalue weighted by atomic mass is 9.86. The van der Waals surface area contributed by atoms with Crippen molar-refractivity contribution < 1.29 is 23.0 Å². The van der Waals surface area contributed by atoms with Crippen molar-refractivity contribution in [2.75, 3.05) is 0 Å². The number of rotatable bonds is 2. The SMILES string of the molecule is CC1(C)CCC(O)(c2cccc(OC(F)(F)F)c2)C1. The van der Waals surface area contributed by atoms with Gasteiger partial charge in [-0.15, -0.1) is 13.2 Å². The summed E-state index contributed by atoms with van der Waals surface area (Å²) in [5.74, 6) is -0.289. The zero-order valence-electron chi connectivity index (χ0n) is 10.9. The van der Waals surface area contributed by atoms with Gasteiger partial charge in [-0.3, -0.25) is 0 Å². The molecule has 0 heterocycles. The maximum absolute atomic E-state index is 12.2. The molecule has 2 nitrogen and oxygen atoms in total. The molecule has 19 heavy (non-hydrogen) atoms. The quantitative estimate of drug-likeness (QED) is 0.883. The summed E-state index contributed by atoms with van der Waals surface area (Å²) in [5, 5.41) is 10.6. The molecule has 1 aromatic carbocycles. The molecule has 1 N–H and O–H groups in total. The zero-order valence-corrected chi connectivity index (χ0v) is 10.9. The van der Waals surface area contributed by atoms with E-state index in [1.807, 2.05) is 13.8 Å². The number of hydrogen-bond donors (Lipinski definition) is 1. The van der Waals surface area contributed by atoms with Crippen LogP contribution in [0.4, 0.5) is 13.2 Å². The molecule has 1 atom stereocenters. The lowest BCUT2D eigenvalue weighted by Gasteiger charge is -2.26. The van der Waals surface area contributed by atoms with E-state index in [2.05, 4.69) is 4.74 Å². The Labute approximate surface area is 110 Å². The molecule has 0 aliphatic heterocycles. The third-order valence-corrected chi connectivity index (χ3v) is 3.59. The minimum absolute atomic E-state index is 0.00433. The average molecular weight is 274 g/mol. The summed E-state index contributed by atoms with van der Waals surface area (Å²) in [6.45, 7) is 4.09. The Bertz CT molecular complexity index is 468.